The van der Waals surface area contributed by atoms with Gasteiger partial charge in [0.05, 0.1) is 6.20 Å². The zero-order valence-corrected chi connectivity index (χ0v) is 12.2. The SMILES string of the molecule is CCNCc1ccncc1OC1CCCCC1CC. The summed E-state index contributed by atoms with van der Waals surface area (Å²) in [5.74, 6) is 1.68. The molecule has 0 spiro atoms. The van der Waals surface area contributed by atoms with E-state index in [1.165, 1.54) is 37.7 Å². The maximum Gasteiger partial charge on any atom is 0.142 e. The van der Waals surface area contributed by atoms with Crippen molar-refractivity contribution in [1.29, 1.82) is 0 Å². The molecule has 1 aliphatic rings. The molecule has 0 amide bonds. The Labute approximate surface area is 116 Å². The Morgan fingerprint density at radius 2 is 2.16 bits per heavy atom. The molecule has 1 heterocycles. The van der Waals surface area contributed by atoms with Gasteiger partial charge < -0.3 is 10.1 Å². The summed E-state index contributed by atoms with van der Waals surface area (Å²) in [7, 11) is 0. The van der Waals surface area contributed by atoms with Gasteiger partial charge in [-0.2, -0.15) is 0 Å². The van der Waals surface area contributed by atoms with Crippen LogP contribution in [0.1, 0.15) is 51.5 Å². The molecule has 1 fully saturated rings. The van der Waals surface area contributed by atoms with Crippen LogP contribution in [0.15, 0.2) is 18.5 Å². The van der Waals surface area contributed by atoms with Crippen LogP contribution in [0.4, 0.5) is 0 Å². The number of nitrogens with zero attached hydrogens (tertiary/aromatic N) is 1. The number of pyridine rings is 1. The topological polar surface area (TPSA) is 34.2 Å². The number of aromatic nitrogens is 1. The first-order chi connectivity index (χ1) is 9.35. The van der Waals surface area contributed by atoms with Crippen LogP contribution in [0, 0.1) is 5.92 Å². The molecule has 1 aliphatic carbocycles. The molecule has 2 unspecified atom stereocenters. The van der Waals surface area contributed by atoms with Crippen molar-refractivity contribution in [1.82, 2.24) is 10.3 Å². The van der Waals surface area contributed by atoms with E-state index in [1.54, 1.807) is 0 Å². The van der Waals surface area contributed by atoms with Crippen molar-refractivity contribution in [3.63, 3.8) is 0 Å². The van der Waals surface area contributed by atoms with Gasteiger partial charge in [0, 0.05) is 18.3 Å². The van der Waals surface area contributed by atoms with Crippen LogP contribution in [0.3, 0.4) is 0 Å². The quantitative estimate of drug-likeness (QED) is 0.851. The maximum atomic E-state index is 6.28. The largest absolute Gasteiger partial charge is 0.488 e. The molecule has 1 saturated carbocycles. The molecule has 19 heavy (non-hydrogen) atoms. The first-order valence-electron chi connectivity index (χ1n) is 7.65. The van der Waals surface area contributed by atoms with E-state index in [-0.39, 0.29) is 0 Å². The van der Waals surface area contributed by atoms with Crippen molar-refractivity contribution in [3.05, 3.63) is 24.0 Å². The summed E-state index contributed by atoms with van der Waals surface area (Å²) in [6, 6.07) is 2.06. The maximum absolute atomic E-state index is 6.28. The average molecular weight is 262 g/mol. The van der Waals surface area contributed by atoms with Crippen LogP contribution in [0.5, 0.6) is 5.75 Å². The molecule has 0 bridgehead atoms. The molecule has 3 heteroatoms. The number of rotatable bonds is 6. The first-order valence-corrected chi connectivity index (χ1v) is 7.65. The predicted octanol–water partition coefficient (Wildman–Crippen LogP) is 3.54. The van der Waals surface area contributed by atoms with E-state index in [0.717, 1.165) is 18.8 Å². The standard InChI is InChI=1S/C16H26N2O/c1-3-13-7-5-6-8-15(13)19-16-12-18-10-9-14(16)11-17-4-2/h9-10,12-13,15,17H,3-8,11H2,1-2H3. The molecule has 0 radical (unpaired) electrons. The van der Waals surface area contributed by atoms with Gasteiger partial charge in [-0.1, -0.05) is 20.3 Å². The van der Waals surface area contributed by atoms with Gasteiger partial charge in [-0.05, 0) is 44.2 Å². The lowest BCUT2D eigenvalue weighted by Crippen LogP contribution is -2.30. The van der Waals surface area contributed by atoms with Gasteiger partial charge in [0.15, 0.2) is 0 Å². The summed E-state index contributed by atoms with van der Waals surface area (Å²) in [5.41, 5.74) is 1.22. The van der Waals surface area contributed by atoms with Gasteiger partial charge in [0.25, 0.3) is 0 Å². The first kappa shape index (κ1) is 14.3. The third kappa shape index (κ3) is 3.93. The van der Waals surface area contributed by atoms with Crippen molar-refractivity contribution in [2.45, 2.75) is 58.6 Å². The second-order valence-electron chi connectivity index (χ2n) is 5.37. The smallest absolute Gasteiger partial charge is 0.142 e. The Kier molecular flexibility index (Phi) is 5.64. The highest BCUT2D eigenvalue weighted by atomic mass is 16.5. The van der Waals surface area contributed by atoms with Crippen molar-refractivity contribution >= 4 is 0 Å². The van der Waals surface area contributed by atoms with Gasteiger partial charge in [0.2, 0.25) is 0 Å². The summed E-state index contributed by atoms with van der Waals surface area (Å²) < 4.78 is 6.28. The average Bonchev–Trinajstić information content (AvgIpc) is 2.47. The van der Waals surface area contributed by atoms with E-state index in [9.17, 15) is 0 Å². The van der Waals surface area contributed by atoms with Crippen molar-refractivity contribution < 1.29 is 4.74 Å². The van der Waals surface area contributed by atoms with E-state index in [2.05, 4.69) is 30.2 Å². The lowest BCUT2D eigenvalue weighted by molar-refractivity contribution is 0.0889. The summed E-state index contributed by atoms with van der Waals surface area (Å²) in [6.07, 6.45) is 10.5. The molecule has 0 aliphatic heterocycles. The highest BCUT2D eigenvalue weighted by Crippen LogP contribution is 2.31. The summed E-state index contributed by atoms with van der Waals surface area (Å²) >= 11 is 0. The monoisotopic (exact) mass is 262 g/mol. The minimum Gasteiger partial charge on any atom is -0.488 e. The fourth-order valence-electron chi connectivity index (χ4n) is 2.88. The second kappa shape index (κ2) is 7.49. The number of ether oxygens (including phenoxy) is 1. The minimum absolute atomic E-state index is 0.378. The lowest BCUT2D eigenvalue weighted by Gasteiger charge is -2.31. The zero-order chi connectivity index (χ0) is 13.5. The van der Waals surface area contributed by atoms with Crippen molar-refractivity contribution in [2.75, 3.05) is 6.54 Å². The highest BCUT2D eigenvalue weighted by Gasteiger charge is 2.25. The molecular weight excluding hydrogens is 236 g/mol. The van der Waals surface area contributed by atoms with Crippen LogP contribution in [-0.4, -0.2) is 17.6 Å². The van der Waals surface area contributed by atoms with Crippen LogP contribution < -0.4 is 10.1 Å². The molecule has 1 N–H and O–H groups in total. The van der Waals surface area contributed by atoms with E-state index in [0.29, 0.717) is 12.0 Å². The van der Waals surface area contributed by atoms with Gasteiger partial charge in [0.1, 0.15) is 11.9 Å². The fourth-order valence-corrected chi connectivity index (χ4v) is 2.88. The number of hydrogen-bond acceptors (Lipinski definition) is 3. The Balaban J connectivity index is 2.04. The molecule has 2 rings (SSSR count). The lowest BCUT2D eigenvalue weighted by atomic mass is 9.85. The van der Waals surface area contributed by atoms with Gasteiger partial charge in [-0.25, -0.2) is 0 Å². The minimum atomic E-state index is 0.378. The zero-order valence-electron chi connectivity index (χ0n) is 12.2. The Bertz CT molecular complexity index is 381. The fraction of sp³-hybridized carbons (Fsp3) is 0.688. The highest BCUT2D eigenvalue weighted by molar-refractivity contribution is 5.30. The molecule has 1 aromatic rings. The Morgan fingerprint density at radius 1 is 1.32 bits per heavy atom. The second-order valence-corrected chi connectivity index (χ2v) is 5.37. The molecule has 3 nitrogen and oxygen atoms in total. The van der Waals surface area contributed by atoms with Gasteiger partial charge >= 0.3 is 0 Å². The number of nitrogens with one attached hydrogen (secondary N) is 1. The van der Waals surface area contributed by atoms with Crippen LogP contribution >= 0.6 is 0 Å². The Hall–Kier alpha value is -1.09. The Morgan fingerprint density at radius 3 is 2.95 bits per heavy atom. The van der Waals surface area contributed by atoms with Crippen LogP contribution in [0.2, 0.25) is 0 Å². The molecule has 0 saturated heterocycles. The molecular formula is C16H26N2O. The molecule has 0 aromatic carbocycles. The van der Waals surface area contributed by atoms with E-state index in [4.69, 9.17) is 4.74 Å². The molecule has 106 valence electrons. The van der Waals surface area contributed by atoms with E-state index < -0.39 is 0 Å². The van der Waals surface area contributed by atoms with Crippen LogP contribution in [-0.2, 0) is 6.54 Å². The van der Waals surface area contributed by atoms with Crippen molar-refractivity contribution in [3.8, 4) is 5.75 Å². The summed E-state index contributed by atoms with van der Waals surface area (Å²) in [6.45, 7) is 6.23. The van der Waals surface area contributed by atoms with E-state index in [1.807, 2.05) is 12.4 Å². The molecule has 2 atom stereocenters. The molecule has 1 aromatic heterocycles. The van der Waals surface area contributed by atoms with Gasteiger partial charge in [-0.15, -0.1) is 0 Å². The number of hydrogen-bond donors (Lipinski definition) is 1. The predicted molar refractivity (Wildman–Crippen MR) is 78.3 cm³/mol. The summed E-state index contributed by atoms with van der Waals surface area (Å²) in [4.78, 5) is 4.22. The third-order valence-corrected chi connectivity index (χ3v) is 4.08. The van der Waals surface area contributed by atoms with Crippen molar-refractivity contribution in [2.24, 2.45) is 5.92 Å². The third-order valence-electron chi connectivity index (χ3n) is 4.08. The summed E-state index contributed by atoms with van der Waals surface area (Å²) in [5, 5.41) is 3.36. The van der Waals surface area contributed by atoms with Crippen LogP contribution in [0.25, 0.3) is 0 Å². The van der Waals surface area contributed by atoms with Gasteiger partial charge in [-0.3, -0.25) is 4.98 Å². The van der Waals surface area contributed by atoms with E-state index >= 15 is 0 Å². The normalized spacial score (nSPS) is 23.3.